The van der Waals surface area contributed by atoms with Crippen LogP contribution >= 0.6 is 0 Å². The number of hydrogen-bond acceptors (Lipinski definition) is 3. The first kappa shape index (κ1) is 16.7. The summed E-state index contributed by atoms with van der Waals surface area (Å²) in [7, 11) is -2.73. The molecule has 0 spiro atoms. The van der Waals surface area contributed by atoms with Crippen molar-refractivity contribution in [1.82, 2.24) is 5.32 Å². The molecule has 3 nitrogen and oxygen atoms in total. The minimum absolute atomic E-state index is 0.377. The van der Waals surface area contributed by atoms with E-state index in [4.69, 9.17) is 0 Å². The summed E-state index contributed by atoms with van der Waals surface area (Å²) in [6.07, 6.45) is 9.83. The standard InChI is InChI=1S/C15H29NO2S/c1-3-5-6-7-8-9-15(16-4-2)12-14-10-11-19(17,18)13-14/h3,14-16H,1,4-13H2,2H3. The molecule has 0 bridgehead atoms. The average molecular weight is 287 g/mol. The van der Waals surface area contributed by atoms with E-state index in [1.807, 2.05) is 6.08 Å². The van der Waals surface area contributed by atoms with Crippen LogP contribution in [0.4, 0.5) is 0 Å². The van der Waals surface area contributed by atoms with Crippen molar-refractivity contribution >= 4 is 9.84 Å². The van der Waals surface area contributed by atoms with Gasteiger partial charge in [0.1, 0.15) is 0 Å². The van der Waals surface area contributed by atoms with Crippen LogP contribution < -0.4 is 5.32 Å². The Balaban J connectivity index is 2.26. The van der Waals surface area contributed by atoms with Crippen LogP contribution in [0.1, 0.15) is 51.9 Å². The second kappa shape index (κ2) is 8.75. The third kappa shape index (κ3) is 7.11. The largest absolute Gasteiger partial charge is 0.314 e. The molecule has 0 aromatic carbocycles. The van der Waals surface area contributed by atoms with Gasteiger partial charge in [0.05, 0.1) is 11.5 Å². The molecule has 0 aromatic heterocycles. The van der Waals surface area contributed by atoms with Gasteiger partial charge in [0, 0.05) is 6.04 Å². The lowest BCUT2D eigenvalue weighted by atomic mass is 9.95. The van der Waals surface area contributed by atoms with Gasteiger partial charge in [-0.1, -0.05) is 25.8 Å². The Morgan fingerprint density at radius 2 is 2.16 bits per heavy atom. The van der Waals surface area contributed by atoms with Crippen LogP contribution in [0.2, 0.25) is 0 Å². The number of unbranched alkanes of at least 4 members (excludes halogenated alkanes) is 3. The molecule has 112 valence electrons. The number of nitrogens with one attached hydrogen (secondary N) is 1. The summed E-state index contributed by atoms with van der Waals surface area (Å²) < 4.78 is 23.0. The maximum absolute atomic E-state index is 11.5. The third-order valence-corrected chi connectivity index (χ3v) is 5.74. The highest BCUT2D eigenvalue weighted by Crippen LogP contribution is 2.24. The molecule has 1 N–H and O–H groups in total. The first-order valence-electron chi connectivity index (χ1n) is 7.62. The lowest BCUT2D eigenvalue weighted by molar-refractivity contribution is 0.381. The summed E-state index contributed by atoms with van der Waals surface area (Å²) >= 11 is 0. The number of allylic oxidation sites excluding steroid dienone is 1. The van der Waals surface area contributed by atoms with Gasteiger partial charge < -0.3 is 5.32 Å². The molecule has 0 saturated carbocycles. The van der Waals surface area contributed by atoms with Crippen molar-refractivity contribution in [3.63, 3.8) is 0 Å². The topological polar surface area (TPSA) is 46.2 Å². The second-order valence-electron chi connectivity index (χ2n) is 5.69. The van der Waals surface area contributed by atoms with Crippen molar-refractivity contribution < 1.29 is 8.42 Å². The average Bonchev–Trinajstić information content (AvgIpc) is 2.68. The van der Waals surface area contributed by atoms with Crippen molar-refractivity contribution in [3.05, 3.63) is 12.7 Å². The molecule has 4 heteroatoms. The molecular formula is C15H29NO2S. The zero-order valence-corrected chi connectivity index (χ0v) is 13.1. The molecule has 1 aliphatic rings. The monoisotopic (exact) mass is 287 g/mol. The number of hydrogen-bond donors (Lipinski definition) is 1. The van der Waals surface area contributed by atoms with Gasteiger partial charge in [-0.3, -0.25) is 0 Å². The summed E-state index contributed by atoms with van der Waals surface area (Å²) in [6, 6.07) is 0.493. The highest BCUT2D eigenvalue weighted by atomic mass is 32.2. The van der Waals surface area contributed by atoms with Gasteiger partial charge in [-0.25, -0.2) is 8.42 Å². The van der Waals surface area contributed by atoms with Crippen molar-refractivity contribution in [2.45, 2.75) is 57.9 Å². The van der Waals surface area contributed by atoms with Crippen LogP contribution in [0.15, 0.2) is 12.7 Å². The molecule has 1 aliphatic heterocycles. The van der Waals surface area contributed by atoms with Crippen molar-refractivity contribution in [3.8, 4) is 0 Å². The molecular weight excluding hydrogens is 258 g/mol. The highest BCUT2D eigenvalue weighted by molar-refractivity contribution is 7.91. The summed E-state index contributed by atoms with van der Waals surface area (Å²) in [4.78, 5) is 0. The Morgan fingerprint density at radius 1 is 1.37 bits per heavy atom. The molecule has 2 atom stereocenters. The molecule has 0 aromatic rings. The number of sulfone groups is 1. The molecule has 1 saturated heterocycles. The Morgan fingerprint density at radius 3 is 2.74 bits per heavy atom. The molecule has 19 heavy (non-hydrogen) atoms. The molecule has 0 aliphatic carbocycles. The number of rotatable bonds is 10. The van der Waals surface area contributed by atoms with Crippen LogP contribution in [0.3, 0.4) is 0 Å². The lowest BCUT2D eigenvalue weighted by Crippen LogP contribution is -2.31. The normalized spacial score (nSPS) is 23.3. The molecule has 1 rings (SSSR count). The molecule has 0 amide bonds. The van der Waals surface area contributed by atoms with Crippen LogP contribution in [0, 0.1) is 5.92 Å². The van der Waals surface area contributed by atoms with Gasteiger partial charge in [0.15, 0.2) is 9.84 Å². The SMILES string of the molecule is C=CCCCCCC(CC1CCS(=O)(=O)C1)NCC. The Hall–Kier alpha value is -0.350. The van der Waals surface area contributed by atoms with E-state index < -0.39 is 9.84 Å². The van der Waals surface area contributed by atoms with E-state index in [1.165, 1.54) is 25.7 Å². The van der Waals surface area contributed by atoms with E-state index in [2.05, 4.69) is 18.8 Å². The summed E-state index contributed by atoms with van der Waals surface area (Å²) in [5.41, 5.74) is 0. The fourth-order valence-electron chi connectivity index (χ4n) is 2.91. The fourth-order valence-corrected chi connectivity index (χ4v) is 4.79. The van der Waals surface area contributed by atoms with Crippen LogP contribution in [0.25, 0.3) is 0 Å². The Labute approximate surface area is 118 Å². The van der Waals surface area contributed by atoms with Gasteiger partial charge in [0.2, 0.25) is 0 Å². The quantitative estimate of drug-likeness (QED) is 0.496. The smallest absolute Gasteiger partial charge is 0.150 e. The van der Waals surface area contributed by atoms with E-state index in [1.54, 1.807) is 0 Å². The van der Waals surface area contributed by atoms with Crippen LogP contribution in [-0.2, 0) is 9.84 Å². The Bertz CT molecular complexity index is 351. The van der Waals surface area contributed by atoms with E-state index in [0.29, 0.717) is 23.5 Å². The minimum atomic E-state index is -2.73. The maximum Gasteiger partial charge on any atom is 0.150 e. The summed E-state index contributed by atoms with van der Waals surface area (Å²) in [5, 5.41) is 3.51. The predicted octanol–water partition coefficient (Wildman–Crippen LogP) is 2.93. The lowest BCUT2D eigenvalue weighted by Gasteiger charge is -2.20. The fraction of sp³-hybridized carbons (Fsp3) is 0.867. The van der Waals surface area contributed by atoms with E-state index >= 15 is 0 Å². The predicted molar refractivity (Wildman–Crippen MR) is 82.1 cm³/mol. The maximum atomic E-state index is 11.5. The van der Waals surface area contributed by atoms with Crippen LogP contribution in [0.5, 0.6) is 0 Å². The van der Waals surface area contributed by atoms with Crippen molar-refractivity contribution in [2.24, 2.45) is 5.92 Å². The summed E-state index contributed by atoms with van der Waals surface area (Å²) in [5.74, 6) is 1.18. The minimum Gasteiger partial charge on any atom is -0.314 e. The van der Waals surface area contributed by atoms with Crippen molar-refractivity contribution in [2.75, 3.05) is 18.1 Å². The molecule has 1 heterocycles. The molecule has 1 fully saturated rings. The van der Waals surface area contributed by atoms with Crippen LogP contribution in [-0.4, -0.2) is 32.5 Å². The van der Waals surface area contributed by atoms with E-state index in [0.717, 1.165) is 25.8 Å². The van der Waals surface area contributed by atoms with Gasteiger partial charge in [-0.2, -0.15) is 0 Å². The first-order chi connectivity index (χ1) is 9.07. The Kier molecular flexibility index (Phi) is 7.69. The zero-order valence-electron chi connectivity index (χ0n) is 12.2. The van der Waals surface area contributed by atoms with E-state index in [-0.39, 0.29) is 0 Å². The zero-order chi connectivity index (χ0) is 14.1. The van der Waals surface area contributed by atoms with E-state index in [9.17, 15) is 8.42 Å². The van der Waals surface area contributed by atoms with Gasteiger partial charge in [0.25, 0.3) is 0 Å². The third-order valence-electron chi connectivity index (χ3n) is 3.90. The first-order valence-corrected chi connectivity index (χ1v) is 9.44. The van der Waals surface area contributed by atoms with Gasteiger partial charge >= 0.3 is 0 Å². The van der Waals surface area contributed by atoms with Gasteiger partial charge in [-0.15, -0.1) is 6.58 Å². The van der Waals surface area contributed by atoms with Gasteiger partial charge in [-0.05, 0) is 44.6 Å². The van der Waals surface area contributed by atoms with Crippen molar-refractivity contribution in [1.29, 1.82) is 0 Å². The second-order valence-corrected chi connectivity index (χ2v) is 7.91. The molecule has 0 radical (unpaired) electrons. The summed E-state index contributed by atoms with van der Waals surface area (Å²) in [6.45, 7) is 6.83. The highest BCUT2D eigenvalue weighted by Gasteiger charge is 2.29. The molecule has 2 unspecified atom stereocenters.